The molecule has 4 heteroatoms. The Morgan fingerprint density at radius 2 is 1.85 bits per heavy atom. The number of furan rings is 1. The molecule has 0 N–H and O–H groups in total. The highest BCUT2D eigenvalue weighted by Crippen LogP contribution is 2.22. The number of benzene rings is 1. The molecule has 0 bridgehead atoms. The zero-order valence-corrected chi connectivity index (χ0v) is 11.9. The standard InChI is InChI=1S/C16H18O4/c1-11-4-7-13(8-5-11)19-10-14(16(17)18-3)15-9-6-12(2)20-15/h4-9,14H,10H2,1-3H3. The van der Waals surface area contributed by atoms with E-state index >= 15 is 0 Å². The number of hydrogen-bond acceptors (Lipinski definition) is 4. The van der Waals surface area contributed by atoms with Crippen LogP contribution in [-0.4, -0.2) is 19.7 Å². The van der Waals surface area contributed by atoms with Crippen molar-refractivity contribution in [3.8, 4) is 5.75 Å². The molecule has 0 amide bonds. The minimum Gasteiger partial charge on any atom is -0.492 e. The summed E-state index contributed by atoms with van der Waals surface area (Å²) in [6, 6.07) is 11.2. The summed E-state index contributed by atoms with van der Waals surface area (Å²) >= 11 is 0. The van der Waals surface area contributed by atoms with Crippen molar-refractivity contribution < 1.29 is 18.7 Å². The first-order chi connectivity index (χ1) is 9.60. The van der Waals surface area contributed by atoms with Gasteiger partial charge in [-0.15, -0.1) is 0 Å². The van der Waals surface area contributed by atoms with E-state index in [0.717, 1.165) is 11.3 Å². The SMILES string of the molecule is COC(=O)C(COc1ccc(C)cc1)c1ccc(C)o1. The Balaban J connectivity index is 2.08. The number of ether oxygens (including phenoxy) is 2. The van der Waals surface area contributed by atoms with Crippen molar-refractivity contribution >= 4 is 5.97 Å². The second-order valence-corrected chi connectivity index (χ2v) is 4.65. The Morgan fingerprint density at radius 1 is 1.15 bits per heavy atom. The predicted octanol–water partition coefficient (Wildman–Crippen LogP) is 3.23. The Morgan fingerprint density at radius 3 is 2.40 bits per heavy atom. The van der Waals surface area contributed by atoms with Crippen LogP contribution in [0.3, 0.4) is 0 Å². The molecule has 0 aliphatic carbocycles. The van der Waals surface area contributed by atoms with Crippen molar-refractivity contribution in [2.45, 2.75) is 19.8 Å². The van der Waals surface area contributed by atoms with E-state index in [9.17, 15) is 4.79 Å². The second kappa shape index (κ2) is 6.28. The maximum atomic E-state index is 11.8. The van der Waals surface area contributed by atoms with Gasteiger partial charge in [-0.1, -0.05) is 17.7 Å². The molecule has 106 valence electrons. The van der Waals surface area contributed by atoms with Gasteiger partial charge in [-0.3, -0.25) is 4.79 Å². The van der Waals surface area contributed by atoms with Gasteiger partial charge in [-0.05, 0) is 38.1 Å². The van der Waals surface area contributed by atoms with Gasteiger partial charge < -0.3 is 13.9 Å². The van der Waals surface area contributed by atoms with Gasteiger partial charge in [0.15, 0.2) is 0 Å². The maximum absolute atomic E-state index is 11.8. The predicted molar refractivity (Wildman–Crippen MR) is 74.9 cm³/mol. The normalized spacial score (nSPS) is 11.9. The van der Waals surface area contributed by atoms with Gasteiger partial charge in [0.1, 0.15) is 29.8 Å². The van der Waals surface area contributed by atoms with Crippen LogP contribution in [0.15, 0.2) is 40.8 Å². The molecule has 0 spiro atoms. The van der Waals surface area contributed by atoms with E-state index in [4.69, 9.17) is 13.9 Å². The number of rotatable bonds is 5. The molecular formula is C16H18O4. The molecule has 0 aliphatic heterocycles. The smallest absolute Gasteiger partial charge is 0.319 e. The Bertz CT molecular complexity index is 568. The zero-order valence-electron chi connectivity index (χ0n) is 11.9. The van der Waals surface area contributed by atoms with Crippen molar-refractivity contribution in [2.24, 2.45) is 0 Å². The lowest BCUT2D eigenvalue weighted by Crippen LogP contribution is -2.20. The van der Waals surface area contributed by atoms with E-state index < -0.39 is 5.92 Å². The molecular weight excluding hydrogens is 256 g/mol. The Kier molecular flexibility index (Phi) is 4.45. The third-order valence-electron chi connectivity index (χ3n) is 3.03. The van der Waals surface area contributed by atoms with Crippen molar-refractivity contribution in [3.63, 3.8) is 0 Å². The van der Waals surface area contributed by atoms with Crippen LogP contribution < -0.4 is 4.74 Å². The molecule has 0 aliphatic rings. The minimum absolute atomic E-state index is 0.183. The van der Waals surface area contributed by atoms with Crippen LogP contribution in [0.2, 0.25) is 0 Å². The molecule has 1 unspecified atom stereocenters. The lowest BCUT2D eigenvalue weighted by molar-refractivity contribution is -0.143. The van der Waals surface area contributed by atoms with Gasteiger partial charge in [0, 0.05) is 0 Å². The summed E-state index contributed by atoms with van der Waals surface area (Å²) in [6.07, 6.45) is 0. The third kappa shape index (κ3) is 3.41. The fourth-order valence-corrected chi connectivity index (χ4v) is 1.86. The average molecular weight is 274 g/mol. The molecule has 20 heavy (non-hydrogen) atoms. The highest BCUT2D eigenvalue weighted by atomic mass is 16.5. The van der Waals surface area contributed by atoms with Crippen LogP contribution in [0.5, 0.6) is 5.75 Å². The fourth-order valence-electron chi connectivity index (χ4n) is 1.86. The molecule has 0 fully saturated rings. The van der Waals surface area contributed by atoms with Crippen LogP contribution in [0.4, 0.5) is 0 Å². The van der Waals surface area contributed by atoms with Gasteiger partial charge in [0.05, 0.1) is 7.11 Å². The van der Waals surface area contributed by atoms with E-state index in [0.29, 0.717) is 11.5 Å². The largest absolute Gasteiger partial charge is 0.492 e. The number of carbonyl (C=O) groups excluding carboxylic acids is 1. The van der Waals surface area contributed by atoms with Crippen LogP contribution in [0, 0.1) is 13.8 Å². The maximum Gasteiger partial charge on any atom is 0.319 e. The highest BCUT2D eigenvalue weighted by Gasteiger charge is 2.25. The zero-order chi connectivity index (χ0) is 14.5. The highest BCUT2D eigenvalue weighted by molar-refractivity contribution is 5.77. The molecule has 1 aromatic heterocycles. The van der Waals surface area contributed by atoms with Crippen LogP contribution in [-0.2, 0) is 9.53 Å². The van der Waals surface area contributed by atoms with Crippen molar-refractivity contribution in [2.75, 3.05) is 13.7 Å². The molecule has 0 saturated heterocycles. The van der Waals surface area contributed by atoms with E-state index in [-0.39, 0.29) is 12.6 Å². The molecule has 0 saturated carbocycles. The quantitative estimate of drug-likeness (QED) is 0.785. The molecule has 0 radical (unpaired) electrons. The number of esters is 1. The summed E-state index contributed by atoms with van der Waals surface area (Å²) < 4.78 is 15.9. The Hall–Kier alpha value is -2.23. The fraction of sp³-hybridized carbons (Fsp3) is 0.312. The van der Waals surface area contributed by atoms with E-state index in [1.54, 1.807) is 6.07 Å². The molecule has 4 nitrogen and oxygen atoms in total. The van der Waals surface area contributed by atoms with Gasteiger partial charge in [0.2, 0.25) is 0 Å². The summed E-state index contributed by atoms with van der Waals surface area (Å²) in [5.74, 6) is 1.10. The Labute approximate surface area is 118 Å². The average Bonchev–Trinajstić information content (AvgIpc) is 2.87. The molecule has 1 heterocycles. The first kappa shape index (κ1) is 14.2. The first-order valence-electron chi connectivity index (χ1n) is 6.44. The molecule has 2 aromatic rings. The van der Waals surface area contributed by atoms with Crippen LogP contribution in [0.25, 0.3) is 0 Å². The van der Waals surface area contributed by atoms with Crippen LogP contribution >= 0.6 is 0 Å². The van der Waals surface area contributed by atoms with E-state index in [2.05, 4.69) is 0 Å². The summed E-state index contributed by atoms with van der Waals surface area (Å²) in [5.41, 5.74) is 1.16. The third-order valence-corrected chi connectivity index (χ3v) is 3.03. The van der Waals surface area contributed by atoms with Gasteiger partial charge in [0.25, 0.3) is 0 Å². The number of hydrogen-bond donors (Lipinski definition) is 0. The lowest BCUT2D eigenvalue weighted by Gasteiger charge is -2.13. The minimum atomic E-state index is -0.560. The first-order valence-corrected chi connectivity index (χ1v) is 6.44. The van der Waals surface area contributed by atoms with Gasteiger partial charge in [-0.2, -0.15) is 0 Å². The molecule has 1 atom stereocenters. The van der Waals surface area contributed by atoms with Crippen molar-refractivity contribution in [1.82, 2.24) is 0 Å². The summed E-state index contributed by atoms with van der Waals surface area (Å²) in [4.78, 5) is 11.8. The molecule has 2 rings (SSSR count). The number of aryl methyl sites for hydroxylation is 2. The summed E-state index contributed by atoms with van der Waals surface area (Å²) in [5, 5.41) is 0. The number of carbonyl (C=O) groups is 1. The van der Waals surface area contributed by atoms with Gasteiger partial charge >= 0.3 is 5.97 Å². The summed E-state index contributed by atoms with van der Waals surface area (Å²) in [7, 11) is 1.36. The monoisotopic (exact) mass is 274 g/mol. The summed E-state index contributed by atoms with van der Waals surface area (Å²) in [6.45, 7) is 4.02. The van der Waals surface area contributed by atoms with Gasteiger partial charge in [-0.25, -0.2) is 0 Å². The lowest BCUT2D eigenvalue weighted by atomic mass is 10.1. The van der Waals surface area contributed by atoms with E-state index in [1.165, 1.54) is 7.11 Å². The van der Waals surface area contributed by atoms with E-state index in [1.807, 2.05) is 44.2 Å². The van der Waals surface area contributed by atoms with Crippen molar-refractivity contribution in [3.05, 3.63) is 53.5 Å². The molecule has 1 aromatic carbocycles. The van der Waals surface area contributed by atoms with Crippen LogP contribution in [0.1, 0.15) is 23.0 Å². The topological polar surface area (TPSA) is 48.7 Å². The van der Waals surface area contributed by atoms with Crippen molar-refractivity contribution in [1.29, 1.82) is 0 Å². The number of methoxy groups -OCH3 is 1. The second-order valence-electron chi connectivity index (χ2n) is 4.65.